The van der Waals surface area contributed by atoms with E-state index >= 15 is 0 Å². The van der Waals surface area contributed by atoms with Crippen LogP contribution >= 0.6 is 27.7 Å². The van der Waals surface area contributed by atoms with Crippen LogP contribution in [0.5, 0.6) is 0 Å². The van der Waals surface area contributed by atoms with Crippen molar-refractivity contribution in [3.8, 4) is 0 Å². The van der Waals surface area contributed by atoms with E-state index in [0.29, 0.717) is 12.3 Å². The number of hydrogen-bond acceptors (Lipinski definition) is 4. The van der Waals surface area contributed by atoms with Gasteiger partial charge in [-0.2, -0.15) is 0 Å². The van der Waals surface area contributed by atoms with Gasteiger partial charge in [0.15, 0.2) is 5.16 Å². The van der Waals surface area contributed by atoms with Crippen LogP contribution in [0.4, 0.5) is 4.39 Å². The molecule has 0 saturated heterocycles. The Morgan fingerprint density at radius 3 is 2.75 bits per heavy atom. The third-order valence-corrected chi connectivity index (χ3v) is 4.54. The van der Waals surface area contributed by atoms with Crippen molar-refractivity contribution in [2.24, 2.45) is 5.73 Å². The molecule has 20 heavy (non-hydrogen) atoms. The van der Waals surface area contributed by atoms with Crippen LogP contribution in [-0.4, -0.2) is 14.8 Å². The Hall–Kier alpha value is -0.920. The summed E-state index contributed by atoms with van der Waals surface area (Å²) < 4.78 is 15.8. The second-order valence-electron chi connectivity index (χ2n) is 4.59. The Labute approximate surface area is 130 Å². The normalized spacial score (nSPS) is 11.3. The number of nitrogens with zero attached hydrogens (tertiary/aromatic N) is 3. The lowest BCUT2D eigenvalue weighted by Gasteiger charge is -2.13. The molecule has 0 saturated carbocycles. The maximum Gasteiger partial charge on any atom is 0.191 e. The maximum atomic E-state index is 13.1. The van der Waals surface area contributed by atoms with Gasteiger partial charge < -0.3 is 10.3 Å². The summed E-state index contributed by atoms with van der Waals surface area (Å²) in [5.74, 6) is 1.22. The number of rotatable bonds is 5. The first-order valence-corrected chi connectivity index (χ1v) is 8.01. The van der Waals surface area contributed by atoms with Crippen molar-refractivity contribution in [1.29, 1.82) is 0 Å². The Balaban J connectivity index is 2.17. The predicted octanol–water partition coefficient (Wildman–Crippen LogP) is 3.51. The molecule has 0 aliphatic heterocycles. The van der Waals surface area contributed by atoms with E-state index in [-0.39, 0.29) is 11.9 Å². The second kappa shape index (κ2) is 6.69. The van der Waals surface area contributed by atoms with Gasteiger partial charge >= 0.3 is 0 Å². The van der Waals surface area contributed by atoms with Gasteiger partial charge in [0.2, 0.25) is 0 Å². The minimum absolute atomic E-state index is 0.249. The van der Waals surface area contributed by atoms with E-state index < -0.39 is 0 Å². The fourth-order valence-corrected chi connectivity index (χ4v) is 3.61. The third-order valence-electron chi connectivity index (χ3n) is 2.81. The van der Waals surface area contributed by atoms with Gasteiger partial charge in [0, 0.05) is 16.3 Å². The van der Waals surface area contributed by atoms with E-state index in [1.807, 2.05) is 4.57 Å². The van der Waals surface area contributed by atoms with Crippen molar-refractivity contribution in [3.63, 3.8) is 0 Å². The van der Waals surface area contributed by atoms with Crippen molar-refractivity contribution in [1.82, 2.24) is 14.8 Å². The average molecular weight is 359 g/mol. The summed E-state index contributed by atoms with van der Waals surface area (Å²) in [5.41, 5.74) is 6.69. The molecule has 0 unspecified atom stereocenters. The number of halogens is 2. The van der Waals surface area contributed by atoms with Gasteiger partial charge in [-0.1, -0.05) is 33.8 Å². The van der Waals surface area contributed by atoms with Gasteiger partial charge in [0.1, 0.15) is 11.6 Å². The largest absolute Gasteiger partial charge is 0.324 e. The van der Waals surface area contributed by atoms with Crippen LogP contribution in [0.3, 0.4) is 0 Å². The molecule has 4 nitrogen and oxygen atoms in total. The van der Waals surface area contributed by atoms with E-state index in [1.165, 1.54) is 12.1 Å². The zero-order chi connectivity index (χ0) is 14.7. The zero-order valence-corrected chi connectivity index (χ0v) is 13.7. The SMILES string of the molecule is CC(C)n1c(CN)nnc1SCc1ccc(F)cc1Br. The highest BCUT2D eigenvalue weighted by atomic mass is 79.9. The van der Waals surface area contributed by atoms with E-state index in [4.69, 9.17) is 5.73 Å². The van der Waals surface area contributed by atoms with Crippen LogP contribution in [0.15, 0.2) is 27.8 Å². The quantitative estimate of drug-likeness (QED) is 0.830. The summed E-state index contributed by atoms with van der Waals surface area (Å²) in [4.78, 5) is 0. The van der Waals surface area contributed by atoms with Crippen molar-refractivity contribution in [3.05, 3.63) is 39.9 Å². The first kappa shape index (κ1) is 15.5. The number of aromatic nitrogens is 3. The molecule has 0 radical (unpaired) electrons. The smallest absolute Gasteiger partial charge is 0.191 e. The van der Waals surface area contributed by atoms with Crippen LogP contribution in [0.1, 0.15) is 31.3 Å². The second-order valence-corrected chi connectivity index (χ2v) is 6.39. The van der Waals surface area contributed by atoms with Gasteiger partial charge in [0.25, 0.3) is 0 Å². The lowest BCUT2D eigenvalue weighted by atomic mass is 10.2. The Kier molecular flexibility index (Phi) is 5.17. The summed E-state index contributed by atoms with van der Waals surface area (Å²) in [6, 6.07) is 4.95. The fourth-order valence-electron chi connectivity index (χ4n) is 1.84. The summed E-state index contributed by atoms with van der Waals surface area (Å²) in [6.45, 7) is 4.51. The number of thioether (sulfide) groups is 1. The molecule has 0 bridgehead atoms. The van der Waals surface area contributed by atoms with E-state index in [1.54, 1.807) is 17.8 Å². The minimum atomic E-state index is -0.249. The van der Waals surface area contributed by atoms with Crippen molar-refractivity contribution in [2.75, 3.05) is 0 Å². The van der Waals surface area contributed by atoms with Gasteiger partial charge in [-0.3, -0.25) is 0 Å². The predicted molar refractivity (Wildman–Crippen MR) is 82.0 cm³/mol. The molecular weight excluding hydrogens is 343 g/mol. The van der Waals surface area contributed by atoms with E-state index in [2.05, 4.69) is 40.0 Å². The highest BCUT2D eigenvalue weighted by Crippen LogP contribution is 2.28. The summed E-state index contributed by atoms with van der Waals surface area (Å²) in [5, 5.41) is 9.11. The number of benzene rings is 1. The Bertz CT molecular complexity index is 600. The number of nitrogens with two attached hydrogens (primary N) is 1. The summed E-state index contributed by atoms with van der Waals surface area (Å²) in [6.07, 6.45) is 0. The molecule has 0 aliphatic rings. The molecule has 2 N–H and O–H groups in total. The average Bonchev–Trinajstić information content (AvgIpc) is 2.80. The number of hydrogen-bond donors (Lipinski definition) is 1. The zero-order valence-electron chi connectivity index (χ0n) is 11.3. The maximum absolute atomic E-state index is 13.1. The lowest BCUT2D eigenvalue weighted by Crippen LogP contribution is -2.11. The molecule has 7 heteroatoms. The van der Waals surface area contributed by atoms with Crippen molar-refractivity contribution in [2.45, 2.75) is 37.3 Å². The summed E-state index contributed by atoms with van der Waals surface area (Å²) in [7, 11) is 0. The minimum Gasteiger partial charge on any atom is -0.324 e. The summed E-state index contributed by atoms with van der Waals surface area (Å²) >= 11 is 4.94. The fraction of sp³-hybridized carbons (Fsp3) is 0.385. The van der Waals surface area contributed by atoms with Crippen LogP contribution < -0.4 is 5.73 Å². The molecule has 0 fully saturated rings. The van der Waals surface area contributed by atoms with Crippen molar-refractivity contribution >= 4 is 27.7 Å². The molecule has 2 aromatic rings. The monoisotopic (exact) mass is 358 g/mol. The standard InChI is InChI=1S/C13H16BrFN4S/c1-8(2)19-12(6-16)17-18-13(19)20-7-9-3-4-10(15)5-11(9)14/h3-5,8H,6-7,16H2,1-2H3. The molecule has 0 aliphatic carbocycles. The van der Waals surface area contributed by atoms with Crippen LogP contribution in [0.25, 0.3) is 0 Å². The van der Waals surface area contributed by atoms with Crippen molar-refractivity contribution < 1.29 is 4.39 Å². The first-order valence-electron chi connectivity index (χ1n) is 6.23. The molecule has 1 aromatic carbocycles. The lowest BCUT2D eigenvalue weighted by molar-refractivity contribution is 0.526. The Morgan fingerprint density at radius 1 is 1.40 bits per heavy atom. The van der Waals surface area contributed by atoms with Crippen LogP contribution in [0, 0.1) is 5.82 Å². The molecule has 1 heterocycles. The topological polar surface area (TPSA) is 56.7 Å². The van der Waals surface area contributed by atoms with Gasteiger partial charge in [-0.15, -0.1) is 10.2 Å². The van der Waals surface area contributed by atoms with E-state index in [9.17, 15) is 4.39 Å². The van der Waals surface area contributed by atoms with Crippen LogP contribution in [0.2, 0.25) is 0 Å². The van der Waals surface area contributed by atoms with Gasteiger partial charge in [0.05, 0.1) is 6.54 Å². The highest BCUT2D eigenvalue weighted by Gasteiger charge is 2.14. The third kappa shape index (κ3) is 3.39. The van der Waals surface area contributed by atoms with Gasteiger partial charge in [-0.25, -0.2) is 4.39 Å². The molecule has 1 aromatic heterocycles. The molecular formula is C13H16BrFN4S. The molecule has 108 valence electrons. The molecule has 0 amide bonds. The highest BCUT2D eigenvalue weighted by molar-refractivity contribution is 9.10. The molecule has 2 rings (SSSR count). The van der Waals surface area contributed by atoms with Crippen LogP contribution in [-0.2, 0) is 12.3 Å². The first-order chi connectivity index (χ1) is 9.52. The molecule has 0 spiro atoms. The Morgan fingerprint density at radius 2 is 2.15 bits per heavy atom. The molecule has 0 atom stereocenters. The van der Waals surface area contributed by atoms with E-state index in [0.717, 1.165) is 21.0 Å². The van der Waals surface area contributed by atoms with Gasteiger partial charge in [-0.05, 0) is 31.5 Å².